The minimum absolute atomic E-state index is 0.0432. The number of nitrogens with zero attached hydrogens (tertiary/aromatic N) is 1. The molecular formula is C22H26F3N3O3S. The zero-order chi connectivity index (χ0) is 23.2. The lowest BCUT2D eigenvalue weighted by Crippen LogP contribution is -2.34. The third-order valence-electron chi connectivity index (χ3n) is 5.20. The first-order chi connectivity index (χ1) is 15.1. The number of hydrogen-bond donors (Lipinski definition) is 2. The minimum Gasteiger partial charge on any atom is -0.348 e. The van der Waals surface area contributed by atoms with Gasteiger partial charge in [0.15, 0.2) is 0 Å². The zero-order valence-electron chi connectivity index (χ0n) is 17.5. The van der Waals surface area contributed by atoms with E-state index in [1.807, 2.05) is 24.3 Å². The fourth-order valence-electron chi connectivity index (χ4n) is 3.49. The van der Waals surface area contributed by atoms with Crippen LogP contribution in [0.1, 0.15) is 40.7 Å². The van der Waals surface area contributed by atoms with Crippen molar-refractivity contribution in [3.05, 3.63) is 65.2 Å². The second-order valence-electron chi connectivity index (χ2n) is 7.80. The van der Waals surface area contributed by atoms with E-state index in [2.05, 4.69) is 10.2 Å². The average molecular weight is 470 g/mol. The molecule has 1 aliphatic heterocycles. The largest absolute Gasteiger partial charge is 0.402 e. The monoisotopic (exact) mass is 469 g/mol. The zero-order valence-corrected chi connectivity index (χ0v) is 18.3. The molecular weight excluding hydrogens is 443 g/mol. The van der Waals surface area contributed by atoms with Crippen LogP contribution in [0.5, 0.6) is 0 Å². The molecule has 1 saturated heterocycles. The van der Waals surface area contributed by atoms with E-state index < -0.39 is 33.5 Å². The van der Waals surface area contributed by atoms with Gasteiger partial charge in [0.05, 0.1) is 4.90 Å². The Balaban J connectivity index is 1.56. The maximum atomic E-state index is 12.4. The van der Waals surface area contributed by atoms with Crippen LogP contribution >= 0.6 is 0 Å². The highest BCUT2D eigenvalue weighted by Crippen LogP contribution is 2.17. The van der Waals surface area contributed by atoms with E-state index in [1.54, 1.807) is 0 Å². The Bertz CT molecular complexity index is 1020. The molecule has 0 aromatic heterocycles. The second kappa shape index (κ2) is 10.5. The van der Waals surface area contributed by atoms with E-state index in [-0.39, 0.29) is 12.1 Å². The number of sulfonamides is 1. The average Bonchev–Trinajstić information content (AvgIpc) is 2.77. The Morgan fingerprint density at radius 3 is 2.28 bits per heavy atom. The van der Waals surface area contributed by atoms with Crippen molar-refractivity contribution in [3.8, 4) is 0 Å². The fraction of sp³-hybridized carbons (Fsp3) is 0.409. The van der Waals surface area contributed by atoms with Gasteiger partial charge in [0.2, 0.25) is 10.0 Å². The molecule has 1 heterocycles. The molecule has 1 amide bonds. The molecule has 2 aromatic rings. The maximum absolute atomic E-state index is 12.4. The van der Waals surface area contributed by atoms with Crippen LogP contribution < -0.4 is 10.0 Å². The Hall–Kier alpha value is -2.43. The molecule has 32 heavy (non-hydrogen) atoms. The van der Waals surface area contributed by atoms with Crippen LogP contribution in [0.2, 0.25) is 0 Å². The first kappa shape index (κ1) is 24.2. The topological polar surface area (TPSA) is 78.5 Å². The van der Waals surface area contributed by atoms with Crippen LogP contribution in [0.4, 0.5) is 13.2 Å². The van der Waals surface area contributed by atoms with Gasteiger partial charge in [-0.15, -0.1) is 0 Å². The van der Waals surface area contributed by atoms with Gasteiger partial charge in [0.25, 0.3) is 5.91 Å². The normalized spacial score (nSPS) is 15.5. The third kappa shape index (κ3) is 7.32. The number of benzene rings is 2. The number of piperidine rings is 1. The molecule has 0 spiro atoms. The van der Waals surface area contributed by atoms with Gasteiger partial charge in [-0.05, 0) is 55.3 Å². The minimum atomic E-state index is -4.68. The molecule has 0 unspecified atom stereocenters. The molecule has 0 saturated carbocycles. The first-order valence-electron chi connectivity index (χ1n) is 10.4. The number of halogens is 3. The summed E-state index contributed by atoms with van der Waals surface area (Å²) in [6.07, 6.45) is -0.935. The molecule has 2 N–H and O–H groups in total. The fourth-order valence-corrected chi connectivity index (χ4v) is 4.55. The number of hydrogen-bond acceptors (Lipinski definition) is 4. The van der Waals surface area contributed by atoms with Crippen LogP contribution in [-0.4, -0.2) is 45.0 Å². The summed E-state index contributed by atoms with van der Waals surface area (Å²) in [6, 6.07) is 12.8. The summed E-state index contributed by atoms with van der Waals surface area (Å²) in [7, 11) is -4.39. The van der Waals surface area contributed by atoms with Crippen LogP contribution in [0, 0.1) is 0 Å². The number of rotatable bonds is 8. The molecule has 2 aromatic carbocycles. The van der Waals surface area contributed by atoms with E-state index >= 15 is 0 Å². The highest BCUT2D eigenvalue weighted by molar-refractivity contribution is 7.89. The Morgan fingerprint density at radius 1 is 0.969 bits per heavy atom. The van der Waals surface area contributed by atoms with E-state index in [0.717, 1.165) is 37.3 Å². The number of carbonyl (C=O) groups excluding carboxylic acids is 1. The van der Waals surface area contributed by atoms with Gasteiger partial charge in [-0.2, -0.15) is 13.2 Å². The molecule has 10 heteroatoms. The smallest absolute Gasteiger partial charge is 0.348 e. The first-order valence-corrected chi connectivity index (χ1v) is 11.9. The van der Waals surface area contributed by atoms with Gasteiger partial charge < -0.3 is 5.32 Å². The van der Waals surface area contributed by atoms with Crippen LogP contribution in [0.15, 0.2) is 53.4 Å². The number of alkyl halides is 3. The molecule has 1 fully saturated rings. The van der Waals surface area contributed by atoms with Crippen molar-refractivity contribution in [1.82, 2.24) is 14.9 Å². The van der Waals surface area contributed by atoms with Gasteiger partial charge in [0.1, 0.15) is 6.54 Å². The summed E-state index contributed by atoms with van der Waals surface area (Å²) in [5.74, 6) is -0.518. The summed E-state index contributed by atoms with van der Waals surface area (Å²) >= 11 is 0. The van der Waals surface area contributed by atoms with E-state index in [1.165, 1.54) is 41.7 Å². The SMILES string of the molecule is O=C(NCc1ccc(CN2CCCCC2)cc1)c1cccc(S(=O)(=O)NCC(F)(F)F)c1. The second-order valence-corrected chi connectivity index (χ2v) is 9.57. The molecule has 0 aliphatic carbocycles. The molecule has 3 rings (SSSR count). The Labute approximate surface area is 185 Å². The predicted molar refractivity (Wildman–Crippen MR) is 114 cm³/mol. The summed E-state index contributed by atoms with van der Waals surface area (Å²) in [5.41, 5.74) is 2.13. The number of amides is 1. The van der Waals surface area contributed by atoms with E-state index in [9.17, 15) is 26.4 Å². The van der Waals surface area contributed by atoms with Crippen molar-refractivity contribution in [2.75, 3.05) is 19.6 Å². The summed E-state index contributed by atoms with van der Waals surface area (Å²) < 4.78 is 62.6. The highest BCUT2D eigenvalue weighted by Gasteiger charge is 2.30. The predicted octanol–water partition coefficient (Wildman–Crippen LogP) is 3.44. The van der Waals surface area contributed by atoms with E-state index in [0.29, 0.717) is 0 Å². The lowest BCUT2D eigenvalue weighted by Gasteiger charge is -2.26. The summed E-state index contributed by atoms with van der Waals surface area (Å²) in [4.78, 5) is 14.4. The molecule has 0 radical (unpaired) electrons. The third-order valence-corrected chi connectivity index (χ3v) is 6.60. The lowest BCUT2D eigenvalue weighted by molar-refractivity contribution is -0.121. The quantitative estimate of drug-likeness (QED) is 0.621. The molecule has 6 nitrogen and oxygen atoms in total. The number of likely N-dealkylation sites (tertiary alicyclic amines) is 1. The number of carbonyl (C=O) groups is 1. The molecule has 1 aliphatic rings. The van der Waals surface area contributed by atoms with Crippen LogP contribution in [0.25, 0.3) is 0 Å². The lowest BCUT2D eigenvalue weighted by atomic mass is 10.1. The van der Waals surface area contributed by atoms with Gasteiger partial charge >= 0.3 is 6.18 Å². The van der Waals surface area contributed by atoms with E-state index in [4.69, 9.17) is 0 Å². The van der Waals surface area contributed by atoms with Gasteiger partial charge in [-0.3, -0.25) is 9.69 Å². The van der Waals surface area contributed by atoms with Crippen molar-refractivity contribution < 1.29 is 26.4 Å². The molecule has 0 atom stereocenters. The van der Waals surface area contributed by atoms with Crippen molar-refractivity contribution in [1.29, 1.82) is 0 Å². The van der Waals surface area contributed by atoms with Crippen molar-refractivity contribution >= 4 is 15.9 Å². The molecule has 174 valence electrons. The summed E-state index contributed by atoms with van der Waals surface area (Å²) in [6.45, 7) is 1.68. The Morgan fingerprint density at radius 2 is 1.62 bits per heavy atom. The van der Waals surface area contributed by atoms with Gasteiger partial charge in [-0.1, -0.05) is 36.8 Å². The van der Waals surface area contributed by atoms with Crippen molar-refractivity contribution in [2.45, 2.75) is 43.4 Å². The van der Waals surface area contributed by atoms with Crippen LogP contribution in [-0.2, 0) is 23.1 Å². The summed E-state index contributed by atoms with van der Waals surface area (Å²) in [5, 5.41) is 2.71. The maximum Gasteiger partial charge on any atom is 0.402 e. The standard InChI is InChI=1S/C22H26F3N3O3S/c23-22(24,25)16-27-32(30,31)20-6-4-5-19(13-20)21(29)26-14-17-7-9-18(10-8-17)15-28-11-2-1-3-12-28/h4-10,13,27H,1-3,11-12,14-16H2,(H,26,29). The Kier molecular flexibility index (Phi) is 7.91. The van der Waals surface area contributed by atoms with Gasteiger partial charge in [0, 0.05) is 18.7 Å². The van der Waals surface area contributed by atoms with Crippen molar-refractivity contribution in [3.63, 3.8) is 0 Å². The highest BCUT2D eigenvalue weighted by atomic mass is 32.2. The van der Waals surface area contributed by atoms with Gasteiger partial charge in [-0.25, -0.2) is 13.1 Å². The molecule has 0 bridgehead atoms. The van der Waals surface area contributed by atoms with Crippen LogP contribution in [0.3, 0.4) is 0 Å². The number of nitrogens with one attached hydrogen (secondary N) is 2. The van der Waals surface area contributed by atoms with Crippen molar-refractivity contribution in [2.24, 2.45) is 0 Å².